The van der Waals surface area contributed by atoms with E-state index in [1.807, 2.05) is 0 Å². The number of hydrogen-bond donors (Lipinski definition) is 2. The SMILES string of the molecule is C[C@@H]1CC[C@@H]2C(C(=O)O)=C[C@@]3(O)CC(C)(C)C[C@@]123. The summed E-state index contributed by atoms with van der Waals surface area (Å²) in [6, 6.07) is 0. The second-order valence-corrected chi connectivity index (χ2v) is 7.42. The van der Waals surface area contributed by atoms with Gasteiger partial charge in [-0.1, -0.05) is 20.8 Å². The van der Waals surface area contributed by atoms with E-state index in [2.05, 4.69) is 20.8 Å². The van der Waals surface area contributed by atoms with Gasteiger partial charge >= 0.3 is 5.97 Å². The molecule has 4 atom stereocenters. The van der Waals surface area contributed by atoms with Crippen molar-refractivity contribution in [2.75, 3.05) is 0 Å². The van der Waals surface area contributed by atoms with E-state index >= 15 is 0 Å². The molecule has 0 aromatic heterocycles. The van der Waals surface area contributed by atoms with Gasteiger partial charge in [-0.05, 0) is 49.0 Å². The van der Waals surface area contributed by atoms with Gasteiger partial charge in [-0.15, -0.1) is 0 Å². The third-order valence-corrected chi connectivity index (χ3v) is 5.73. The van der Waals surface area contributed by atoms with Gasteiger partial charge in [-0.3, -0.25) is 0 Å². The van der Waals surface area contributed by atoms with Crippen LogP contribution in [0.15, 0.2) is 11.6 Å². The maximum atomic E-state index is 11.4. The van der Waals surface area contributed by atoms with Crippen molar-refractivity contribution in [3.63, 3.8) is 0 Å². The third-order valence-electron chi connectivity index (χ3n) is 5.73. The van der Waals surface area contributed by atoms with E-state index in [4.69, 9.17) is 0 Å². The number of carboxylic acids is 1. The Morgan fingerprint density at radius 2 is 2.00 bits per heavy atom. The molecule has 3 aliphatic rings. The van der Waals surface area contributed by atoms with Crippen LogP contribution in [0.3, 0.4) is 0 Å². The summed E-state index contributed by atoms with van der Waals surface area (Å²) < 4.78 is 0. The Kier molecular flexibility index (Phi) is 2.16. The molecule has 3 nitrogen and oxygen atoms in total. The average Bonchev–Trinajstić information content (AvgIpc) is 2.70. The zero-order chi connectivity index (χ0) is 13.3. The third kappa shape index (κ3) is 1.21. The molecule has 0 aliphatic heterocycles. The molecule has 0 radical (unpaired) electrons. The van der Waals surface area contributed by atoms with Gasteiger partial charge < -0.3 is 10.2 Å². The molecule has 1 spiro atoms. The maximum Gasteiger partial charge on any atom is 0.331 e. The Morgan fingerprint density at radius 1 is 1.33 bits per heavy atom. The Hall–Kier alpha value is -0.830. The van der Waals surface area contributed by atoms with Crippen LogP contribution in [-0.4, -0.2) is 21.8 Å². The van der Waals surface area contributed by atoms with Gasteiger partial charge in [-0.2, -0.15) is 0 Å². The highest BCUT2D eigenvalue weighted by Crippen LogP contribution is 2.71. The summed E-state index contributed by atoms with van der Waals surface area (Å²) >= 11 is 0. The van der Waals surface area contributed by atoms with E-state index in [9.17, 15) is 15.0 Å². The second kappa shape index (κ2) is 3.19. The number of aliphatic hydroxyl groups is 1. The second-order valence-electron chi connectivity index (χ2n) is 7.42. The quantitative estimate of drug-likeness (QED) is 0.752. The van der Waals surface area contributed by atoms with Gasteiger partial charge in [0, 0.05) is 11.0 Å². The van der Waals surface area contributed by atoms with E-state index in [0.29, 0.717) is 17.9 Å². The first-order chi connectivity index (χ1) is 8.22. The first-order valence-electron chi connectivity index (χ1n) is 6.90. The number of carbonyl (C=O) groups is 1. The number of hydrogen-bond acceptors (Lipinski definition) is 2. The lowest BCUT2D eigenvalue weighted by Crippen LogP contribution is -2.44. The zero-order valence-corrected chi connectivity index (χ0v) is 11.4. The smallest absolute Gasteiger partial charge is 0.331 e. The normalized spacial score (nSPS) is 48.8. The summed E-state index contributed by atoms with van der Waals surface area (Å²) in [6.07, 6.45) is 5.27. The van der Waals surface area contributed by atoms with E-state index in [0.717, 1.165) is 19.3 Å². The maximum absolute atomic E-state index is 11.4. The molecule has 2 N–H and O–H groups in total. The number of aliphatic carboxylic acids is 1. The van der Waals surface area contributed by atoms with Crippen molar-refractivity contribution in [3.8, 4) is 0 Å². The standard InChI is InChI=1S/C15H22O3/c1-9-4-5-11-10(12(16)17)6-14(18)7-13(2,3)8-15(9,11)14/h6,9,11,18H,4-5,7-8H2,1-3H3,(H,16,17)/t9-,11-,14-,15-/m1/s1. The summed E-state index contributed by atoms with van der Waals surface area (Å²) in [7, 11) is 0. The van der Waals surface area contributed by atoms with Crippen LogP contribution in [0.1, 0.15) is 46.5 Å². The van der Waals surface area contributed by atoms with Crippen LogP contribution in [0.25, 0.3) is 0 Å². The minimum Gasteiger partial charge on any atom is -0.478 e. The minimum absolute atomic E-state index is 0.0526. The average molecular weight is 250 g/mol. The van der Waals surface area contributed by atoms with Gasteiger partial charge in [0.25, 0.3) is 0 Å². The summed E-state index contributed by atoms with van der Waals surface area (Å²) in [6.45, 7) is 6.56. The molecular weight excluding hydrogens is 228 g/mol. The van der Waals surface area contributed by atoms with E-state index in [1.165, 1.54) is 0 Å². The van der Waals surface area contributed by atoms with Gasteiger partial charge in [0.15, 0.2) is 0 Å². The predicted octanol–water partition coefficient (Wildman–Crippen LogP) is 2.59. The van der Waals surface area contributed by atoms with Crippen LogP contribution < -0.4 is 0 Å². The lowest BCUT2D eigenvalue weighted by molar-refractivity contribution is -0.133. The highest BCUT2D eigenvalue weighted by Gasteiger charge is 2.70. The molecule has 0 aromatic rings. The van der Waals surface area contributed by atoms with Gasteiger partial charge in [0.2, 0.25) is 0 Å². The van der Waals surface area contributed by atoms with Crippen LogP contribution in [0.5, 0.6) is 0 Å². The monoisotopic (exact) mass is 250 g/mol. The molecule has 0 bridgehead atoms. The fourth-order valence-corrected chi connectivity index (χ4v) is 5.39. The summed E-state index contributed by atoms with van der Waals surface area (Å²) in [5, 5.41) is 20.4. The van der Waals surface area contributed by atoms with Crippen LogP contribution in [0.2, 0.25) is 0 Å². The topological polar surface area (TPSA) is 57.5 Å². The first kappa shape index (κ1) is 12.2. The van der Waals surface area contributed by atoms with Crippen molar-refractivity contribution in [2.45, 2.75) is 52.1 Å². The highest BCUT2D eigenvalue weighted by molar-refractivity contribution is 5.89. The van der Waals surface area contributed by atoms with Gasteiger partial charge in [0.1, 0.15) is 0 Å². The summed E-state index contributed by atoms with van der Waals surface area (Å²) in [5.74, 6) is -0.381. The van der Waals surface area contributed by atoms with Crippen molar-refractivity contribution in [3.05, 3.63) is 11.6 Å². The molecule has 0 saturated heterocycles. The molecular formula is C15H22O3. The fourth-order valence-electron chi connectivity index (χ4n) is 5.39. The van der Waals surface area contributed by atoms with Crippen molar-refractivity contribution in [1.29, 1.82) is 0 Å². The summed E-state index contributed by atoms with van der Waals surface area (Å²) in [4.78, 5) is 11.4. The Labute approximate surface area is 108 Å². The van der Waals surface area contributed by atoms with E-state index in [1.54, 1.807) is 6.08 Å². The molecule has 0 aromatic carbocycles. The van der Waals surface area contributed by atoms with E-state index in [-0.39, 0.29) is 16.7 Å². The largest absolute Gasteiger partial charge is 0.478 e. The van der Waals surface area contributed by atoms with Crippen LogP contribution in [0.4, 0.5) is 0 Å². The molecule has 0 amide bonds. The Balaban J connectivity index is 2.15. The number of carboxylic acid groups (broad SMARTS) is 1. The molecule has 0 heterocycles. The van der Waals surface area contributed by atoms with Crippen LogP contribution in [0, 0.1) is 22.7 Å². The molecule has 3 heteroatoms. The first-order valence-corrected chi connectivity index (χ1v) is 6.90. The molecule has 2 fully saturated rings. The summed E-state index contributed by atoms with van der Waals surface area (Å²) in [5.41, 5.74) is -0.543. The Bertz CT molecular complexity index is 451. The van der Waals surface area contributed by atoms with Crippen LogP contribution >= 0.6 is 0 Å². The number of rotatable bonds is 1. The van der Waals surface area contributed by atoms with Crippen molar-refractivity contribution < 1.29 is 15.0 Å². The molecule has 3 aliphatic carbocycles. The fraction of sp³-hybridized carbons (Fsp3) is 0.800. The minimum atomic E-state index is -0.898. The molecule has 2 saturated carbocycles. The highest BCUT2D eigenvalue weighted by atomic mass is 16.4. The van der Waals surface area contributed by atoms with Crippen LogP contribution in [-0.2, 0) is 4.79 Å². The molecule has 18 heavy (non-hydrogen) atoms. The van der Waals surface area contributed by atoms with E-state index < -0.39 is 11.6 Å². The van der Waals surface area contributed by atoms with Crippen molar-refractivity contribution in [2.24, 2.45) is 22.7 Å². The zero-order valence-electron chi connectivity index (χ0n) is 11.4. The van der Waals surface area contributed by atoms with Crippen molar-refractivity contribution >= 4 is 5.97 Å². The van der Waals surface area contributed by atoms with Crippen molar-refractivity contribution in [1.82, 2.24) is 0 Å². The molecule has 100 valence electrons. The van der Waals surface area contributed by atoms with Gasteiger partial charge in [-0.25, -0.2) is 4.79 Å². The lowest BCUT2D eigenvalue weighted by Gasteiger charge is -2.40. The molecule has 3 rings (SSSR count). The Morgan fingerprint density at radius 3 is 2.61 bits per heavy atom. The predicted molar refractivity (Wildman–Crippen MR) is 68.0 cm³/mol. The lowest BCUT2D eigenvalue weighted by atomic mass is 9.66. The molecule has 0 unspecified atom stereocenters. The van der Waals surface area contributed by atoms with Gasteiger partial charge in [0.05, 0.1) is 5.60 Å².